The molecule has 0 radical (unpaired) electrons. The molecule has 3 aromatic rings. The van der Waals surface area contributed by atoms with E-state index in [1.807, 2.05) is 77.8 Å². The van der Waals surface area contributed by atoms with Gasteiger partial charge in [0.2, 0.25) is 0 Å². The zero-order valence-electron chi connectivity index (χ0n) is 15.1. The lowest BCUT2D eigenvalue weighted by atomic mass is 10.1. The topological polar surface area (TPSA) is 53.9 Å². The molecule has 0 bridgehead atoms. The van der Waals surface area contributed by atoms with E-state index in [0.717, 1.165) is 16.8 Å². The Morgan fingerprint density at radius 3 is 2.22 bits per heavy atom. The van der Waals surface area contributed by atoms with E-state index in [4.69, 9.17) is 0 Å². The van der Waals surface area contributed by atoms with Crippen LogP contribution in [0.3, 0.4) is 0 Å². The second kappa shape index (κ2) is 9.20. The van der Waals surface area contributed by atoms with E-state index < -0.39 is 0 Å². The molecule has 0 saturated carbocycles. The van der Waals surface area contributed by atoms with Gasteiger partial charge in [0.05, 0.1) is 18.4 Å². The second-order valence-corrected chi connectivity index (χ2v) is 5.89. The Kier molecular flexibility index (Phi) is 6.20. The van der Waals surface area contributed by atoms with Crippen molar-refractivity contribution in [1.82, 2.24) is 5.43 Å². The Morgan fingerprint density at radius 2 is 1.59 bits per heavy atom. The molecular formula is C22H21N3O2. The molecule has 0 spiro atoms. The maximum Gasteiger partial charge on any atom is 0.269 e. The first-order valence-corrected chi connectivity index (χ1v) is 8.60. The molecule has 136 valence electrons. The van der Waals surface area contributed by atoms with Crippen molar-refractivity contribution < 1.29 is 9.63 Å². The van der Waals surface area contributed by atoms with Crippen molar-refractivity contribution in [1.29, 1.82) is 0 Å². The summed E-state index contributed by atoms with van der Waals surface area (Å²) in [4.78, 5) is 17.4. The molecule has 0 heterocycles. The van der Waals surface area contributed by atoms with Gasteiger partial charge in [0, 0.05) is 5.56 Å². The molecule has 0 fully saturated rings. The summed E-state index contributed by atoms with van der Waals surface area (Å²) in [6.07, 6.45) is 1.59. The Labute approximate surface area is 158 Å². The third kappa shape index (κ3) is 5.19. The van der Waals surface area contributed by atoms with Gasteiger partial charge in [-0.3, -0.25) is 15.2 Å². The molecule has 27 heavy (non-hydrogen) atoms. The quantitative estimate of drug-likeness (QED) is 0.512. The molecule has 5 heteroatoms. The van der Waals surface area contributed by atoms with Crippen LogP contribution in [0.5, 0.6) is 0 Å². The maximum absolute atomic E-state index is 12.7. The van der Waals surface area contributed by atoms with E-state index in [0.29, 0.717) is 12.1 Å². The summed E-state index contributed by atoms with van der Waals surface area (Å²) < 4.78 is 0. The number of anilines is 1. The van der Waals surface area contributed by atoms with Gasteiger partial charge in [-0.15, -0.1) is 0 Å². The Bertz CT molecular complexity index is 878. The number of nitrogens with zero attached hydrogens (tertiary/aromatic N) is 2. The van der Waals surface area contributed by atoms with E-state index in [2.05, 4.69) is 15.4 Å². The zero-order valence-corrected chi connectivity index (χ0v) is 15.1. The Balaban J connectivity index is 1.77. The highest BCUT2D eigenvalue weighted by Crippen LogP contribution is 2.15. The first kappa shape index (κ1) is 18.2. The molecule has 0 unspecified atom stereocenters. The average Bonchev–Trinajstić information content (AvgIpc) is 2.73. The highest BCUT2D eigenvalue weighted by molar-refractivity contribution is 5.95. The number of hydrogen-bond acceptors (Lipinski definition) is 4. The molecule has 0 saturated heterocycles. The monoisotopic (exact) mass is 359 g/mol. The predicted octanol–water partition coefficient (Wildman–Crippen LogP) is 4.02. The van der Waals surface area contributed by atoms with Gasteiger partial charge in [-0.05, 0) is 35.4 Å². The number of amides is 1. The van der Waals surface area contributed by atoms with Crippen molar-refractivity contribution in [2.75, 3.05) is 12.1 Å². The van der Waals surface area contributed by atoms with Gasteiger partial charge < -0.3 is 4.84 Å². The first-order valence-electron chi connectivity index (χ1n) is 8.60. The highest BCUT2D eigenvalue weighted by Gasteiger charge is 2.12. The highest BCUT2D eigenvalue weighted by atomic mass is 16.6. The van der Waals surface area contributed by atoms with Gasteiger partial charge in [-0.2, -0.15) is 0 Å². The molecular weight excluding hydrogens is 338 g/mol. The molecule has 1 amide bonds. The molecule has 3 rings (SSSR count). The first-order chi connectivity index (χ1) is 13.3. The van der Waals surface area contributed by atoms with Crippen molar-refractivity contribution in [3.05, 3.63) is 102 Å². The lowest BCUT2D eigenvalue weighted by Gasteiger charge is -2.25. The van der Waals surface area contributed by atoms with Crippen LogP contribution in [-0.2, 0) is 11.4 Å². The number of nitrogens with one attached hydrogen (secondary N) is 1. The van der Waals surface area contributed by atoms with Crippen molar-refractivity contribution in [3.63, 3.8) is 0 Å². The number of benzene rings is 3. The molecule has 0 aliphatic rings. The summed E-state index contributed by atoms with van der Waals surface area (Å²) in [5.74, 6) is -0.176. The van der Waals surface area contributed by atoms with E-state index >= 15 is 0 Å². The fourth-order valence-electron chi connectivity index (χ4n) is 2.59. The van der Waals surface area contributed by atoms with Crippen LogP contribution in [0.2, 0.25) is 0 Å². The van der Waals surface area contributed by atoms with Crippen LogP contribution in [0.15, 0.2) is 90.1 Å². The van der Waals surface area contributed by atoms with Crippen LogP contribution in [-0.4, -0.2) is 19.2 Å². The van der Waals surface area contributed by atoms with Crippen LogP contribution in [0.25, 0.3) is 0 Å². The van der Waals surface area contributed by atoms with Gasteiger partial charge in [0.15, 0.2) is 0 Å². The standard InChI is InChI=1S/C22H21N3O2/c1-27-23-16-18-12-14-20(15-13-18)22(26)24-25(21-10-6-3-7-11-21)17-19-8-4-2-5-9-19/h2-16H,17H2,1H3,(H,24,26)/b23-16+. The van der Waals surface area contributed by atoms with Gasteiger partial charge in [-0.1, -0.05) is 65.8 Å². The van der Waals surface area contributed by atoms with Crippen molar-refractivity contribution in [3.8, 4) is 0 Å². The van der Waals surface area contributed by atoms with Crippen molar-refractivity contribution in [2.45, 2.75) is 6.54 Å². The zero-order chi connectivity index (χ0) is 18.9. The van der Waals surface area contributed by atoms with Gasteiger partial charge >= 0.3 is 0 Å². The molecule has 0 aliphatic carbocycles. The lowest BCUT2D eigenvalue weighted by molar-refractivity contribution is 0.0948. The Hall–Kier alpha value is -3.60. The van der Waals surface area contributed by atoms with E-state index in [1.165, 1.54) is 7.11 Å². The number of hydrogen-bond donors (Lipinski definition) is 1. The van der Waals surface area contributed by atoms with Crippen molar-refractivity contribution in [2.24, 2.45) is 5.16 Å². The van der Waals surface area contributed by atoms with Gasteiger partial charge in [0.1, 0.15) is 7.11 Å². The number of rotatable bonds is 7. The summed E-state index contributed by atoms with van der Waals surface area (Å²) in [5, 5.41) is 5.56. The fourth-order valence-corrected chi connectivity index (χ4v) is 2.59. The van der Waals surface area contributed by atoms with E-state index in [-0.39, 0.29) is 5.91 Å². The van der Waals surface area contributed by atoms with Crippen LogP contribution >= 0.6 is 0 Å². The predicted molar refractivity (Wildman–Crippen MR) is 108 cm³/mol. The average molecular weight is 359 g/mol. The summed E-state index contributed by atoms with van der Waals surface area (Å²) in [6, 6.07) is 27.0. The van der Waals surface area contributed by atoms with E-state index in [1.54, 1.807) is 18.3 Å². The van der Waals surface area contributed by atoms with Crippen molar-refractivity contribution >= 4 is 17.8 Å². The molecule has 5 nitrogen and oxygen atoms in total. The number of carbonyl (C=O) groups excluding carboxylic acids is 1. The second-order valence-electron chi connectivity index (χ2n) is 5.89. The molecule has 0 atom stereocenters. The third-order valence-electron chi connectivity index (χ3n) is 3.97. The summed E-state index contributed by atoms with van der Waals surface area (Å²) in [6.45, 7) is 0.565. The Morgan fingerprint density at radius 1 is 0.963 bits per heavy atom. The summed E-state index contributed by atoms with van der Waals surface area (Å²) >= 11 is 0. The summed E-state index contributed by atoms with van der Waals surface area (Å²) in [7, 11) is 1.49. The smallest absolute Gasteiger partial charge is 0.269 e. The molecule has 0 aliphatic heterocycles. The minimum absolute atomic E-state index is 0.176. The van der Waals surface area contributed by atoms with Crippen LogP contribution in [0, 0.1) is 0 Å². The minimum Gasteiger partial charge on any atom is -0.399 e. The summed E-state index contributed by atoms with van der Waals surface area (Å²) in [5.41, 5.74) is 6.44. The maximum atomic E-state index is 12.7. The number of oxime groups is 1. The molecule has 3 aromatic carbocycles. The lowest BCUT2D eigenvalue weighted by Crippen LogP contribution is -2.42. The largest absolute Gasteiger partial charge is 0.399 e. The normalized spacial score (nSPS) is 10.6. The minimum atomic E-state index is -0.176. The number of carbonyl (C=O) groups is 1. The molecule has 1 N–H and O–H groups in total. The fraction of sp³-hybridized carbons (Fsp3) is 0.0909. The number of hydrazine groups is 1. The van der Waals surface area contributed by atoms with Crippen LogP contribution in [0.1, 0.15) is 21.5 Å². The van der Waals surface area contributed by atoms with Crippen LogP contribution < -0.4 is 10.4 Å². The van der Waals surface area contributed by atoms with Gasteiger partial charge in [0.25, 0.3) is 5.91 Å². The van der Waals surface area contributed by atoms with Crippen LogP contribution in [0.4, 0.5) is 5.69 Å². The number of para-hydroxylation sites is 1. The molecule has 0 aromatic heterocycles. The SMILES string of the molecule is CO/N=C/c1ccc(C(=O)NN(Cc2ccccc2)c2ccccc2)cc1. The van der Waals surface area contributed by atoms with E-state index in [9.17, 15) is 4.79 Å². The van der Waals surface area contributed by atoms with Gasteiger partial charge in [-0.25, -0.2) is 0 Å². The third-order valence-corrected chi connectivity index (χ3v) is 3.97.